The molecule has 1 aromatic carbocycles. The number of hydrogen-bond donors (Lipinski definition) is 1. The largest absolute Gasteiger partial charge is 0.573 e. The maximum atomic E-state index is 12.2. The molecular weight excluding hydrogens is 235 g/mol. The monoisotopic (exact) mass is 249 g/mol. The summed E-state index contributed by atoms with van der Waals surface area (Å²) in [4.78, 5) is 0. The van der Waals surface area contributed by atoms with Crippen LogP contribution in [-0.4, -0.2) is 20.0 Å². The highest BCUT2D eigenvalue weighted by molar-refractivity contribution is 5.41. The Labute approximate surface area is 97.3 Å². The normalized spacial score (nSPS) is 11.4. The summed E-state index contributed by atoms with van der Waals surface area (Å²) in [5, 5.41) is 0. The highest BCUT2D eigenvalue weighted by Crippen LogP contribution is 2.30. The van der Waals surface area contributed by atoms with Crippen molar-refractivity contribution >= 4 is 0 Å². The summed E-state index contributed by atoms with van der Waals surface area (Å²) in [5.41, 5.74) is 5.79. The fourth-order valence-corrected chi connectivity index (χ4v) is 1.38. The number of halogens is 3. The zero-order valence-electron chi connectivity index (χ0n) is 9.38. The smallest absolute Gasteiger partial charge is 0.497 e. The number of aryl methyl sites for hydroxylation is 1. The molecule has 96 valence electrons. The Morgan fingerprint density at radius 3 is 2.53 bits per heavy atom. The van der Waals surface area contributed by atoms with Gasteiger partial charge in [0.1, 0.15) is 11.5 Å². The lowest BCUT2D eigenvalue weighted by molar-refractivity contribution is -0.274. The van der Waals surface area contributed by atoms with Gasteiger partial charge in [0.25, 0.3) is 0 Å². The molecule has 0 aliphatic carbocycles. The maximum Gasteiger partial charge on any atom is 0.573 e. The number of benzene rings is 1. The van der Waals surface area contributed by atoms with Crippen LogP contribution in [0, 0.1) is 0 Å². The van der Waals surface area contributed by atoms with Crippen LogP contribution < -0.4 is 15.2 Å². The van der Waals surface area contributed by atoms with Gasteiger partial charge in [0.05, 0.1) is 7.11 Å². The minimum Gasteiger partial charge on any atom is -0.497 e. The van der Waals surface area contributed by atoms with Crippen LogP contribution in [0.5, 0.6) is 11.5 Å². The van der Waals surface area contributed by atoms with Crippen molar-refractivity contribution in [3.05, 3.63) is 23.8 Å². The quantitative estimate of drug-likeness (QED) is 0.871. The predicted octanol–water partition coefficient (Wildman–Crippen LogP) is 2.49. The molecule has 0 heterocycles. The topological polar surface area (TPSA) is 44.5 Å². The van der Waals surface area contributed by atoms with Crippen LogP contribution in [0.1, 0.15) is 12.0 Å². The zero-order valence-corrected chi connectivity index (χ0v) is 9.38. The van der Waals surface area contributed by atoms with Crippen molar-refractivity contribution in [3.8, 4) is 11.5 Å². The molecule has 0 saturated carbocycles. The van der Waals surface area contributed by atoms with Crippen molar-refractivity contribution in [1.82, 2.24) is 0 Å². The Balaban J connectivity index is 2.94. The van der Waals surface area contributed by atoms with Gasteiger partial charge in [-0.2, -0.15) is 0 Å². The second-order valence-corrected chi connectivity index (χ2v) is 3.41. The third-order valence-corrected chi connectivity index (χ3v) is 2.15. The van der Waals surface area contributed by atoms with Crippen molar-refractivity contribution in [1.29, 1.82) is 0 Å². The van der Waals surface area contributed by atoms with Gasteiger partial charge in [0.15, 0.2) is 0 Å². The second-order valence-electron chi connectivity index (χ2n) is 3.41. The summed E-state index contributed by atoms with van der Waals surface area (Å²) in [6.45, 7) is 0.414. The Hall–Kier alpha value is -1.43. The number of ether oxygens (including phenoxy) is 2. The fraction of sp³-hybridized carbons (Fsp3) is 0.455. The van der Waals surface area contributed by atoms with Crippen LogP contribution in [0.25, 0.3) is 0 Å². The van der Waals surface area contributed by atoms with Crippen LogP contribution >= 0.6 is 0 Å². The molecule has 6 heteroatoms. The highest BCUT2D eigenvalue weighted by Gasteiger charge is 2.32. The Kier molecular flexibility index (Phi) is 4.62. The Morgan fingerprint density at radius 1 is 1.29 bits per heavy atom. The van der Waals surface area contributed by atoms with Gasteiger partial charge in [-0.1, -0.05) is 6.07 Å². The van der Waals surface area contributed by atoms with E-state index in [2.05, 4.69) is 4.74 Å². The molecule has 0 spiro atoms. The first-order chi connectivity index (χ1) is 7.96. The highest BCUT2D eigenvalue weighted by atomic mass is 19.4. The van der Waals surface area contributed by atoms with E-state index in [0.717, 1.165) is 0 Å². The zero-order chi connectivity index (χ0) is 12.9. The van der Waals surface area contributed by atoms with E-state index in [4.69, 9.17) is 10.5 Å². The summed E-state index contributed by atoms with van der Waals surface area (Å²) in [6, 6.07) is 4.37. The van der Waals surface area contributed by atoms with E-state index < -0.39 is 6.36 Å². The molecule has 1 rings (SSSR count). The minimum atomic E-state index is -4.70. The predicted molar refractivity (Wildman–Crippen MR) is 57.1 cm³/mol. The first-order valence-corrected chi connectivity index (χ1v) is 5.09. The van der Waals surface area contributed by atoms with Crippen molar-refractivity contribution in [2.75, 3.05) is 13.7 Å². The van der Waals surface area contributed by atoms with Crippen molar-refractivity contribution < 1.29 is 22.6 Å². The lowest BCUT2D eigenvalue weighted by atomic mass is 10.1. The van der Waals surface area contributed by atoms with E-state index in [1.165, 1.54) is 13.2 Å². The fourth-order valence-electron chi connectivity index (χ4n) is 1.38. The molecule has 0 fully saturated rings. The van der Waals surface area contributed by atoms with Gasteiger partial charge in [-0.3, -0.25) is 0 Å². The Morgan fingerprint density at radius 2 is 2.00 bits per heavy atom. The molecular formula is C11H14F3NO2. The summed E-state index contributed by atoms with van der Waals surface area (Å²) in [5.74, 6) is 0.0889. The molecule has 1 aromatic rings. The Bertz CT molecular complexity index is 366. The van der Waals surface area contributed by atoms with Crippen LogP contribution in [0.4, 0.5) is 13.2 Å². The second kappa shape index (κ2) is 5.77. The molecule has 0 atom stereocenters. The lowest BCUT2D eigenvalue weighted by Crippen LogP contribution is -2.18. The van der Waals surface area contributed by atoms with Crippen LogP contribution in [0.2, 0.25) is 0 Å². The van der Waals surface area contributed by atoms with Gasteiger partial charge in [0, 0.05) is 6.07 Å². The maximum absolute atomic E-state index is 12.2. The standard InChI is InChI=1S/C11H14F3NO2/c1-16-9-5-4-8(3-2-6-15)10(7-9)17-11(12,13)14/h4-5,7H,2-3,6,15H2,1H3. The van der Waals surface area contributed by atoms with Crippen LogP contribution in [0.3, 0.4) is 0 Å². The van der Waals surface area contributed by atoms with Gasteiger partial charge in [-0.05, 0) is 31.0 Å². The summed E-state index contributed by atoms with van der Waals surface area (Å²) >= 11 is 0. The van der Waals surface area contributed by atoms with E-state index in [9.17, 15) is 13.2 Å². The number of nitrogens with two attached hydrogens (primary N) is 1. The number of methoxy groups -OCH3 is 1. The third kappa shape index (κ3) is 4.52. The van der Waals surface area contributed by atoms with Gasteiger partial charge < -0.3 is 15.2 Å². The molecule has 2 N–H and O–H groups in total. The molecule has 0 aromatic heterocycles. The first-order valence-electron chi connectivity index (χ1n) is 5.09. The van der Waals surface area contributed by atoms with Gasteiger partial charge in [0.2, 0.25) is 0 Å². The van der Waals surface area contributed by atoms with Crippen molar-refractivity contribution in [3.63, 3.8) is 0 Å². The van der Waals surface area contributed by atoms with Gasteiger partial charge >= 0.3 is 6.36 Å². The summed E-state index contributed by atoms with van der Waals surface area (Å²) < 4.78 is 45.4. The van der Waals surface area contributed by atoms with Crippen molar-refractivity contribution in [2.45, 2.75) is 19.2 Å². The third-order valence-electron chi connectivity index (χ3n) is 2.15. The summed E-state index contributed by atoms with van der Waals surface area (Å²) in [6.07, 6.45) is -3.67. The number of rotatable bonds is 5. The lowest BCUT2D eigenvalue weighted by Gasteiger charge is -2.14. The van der Waals surface area contributed by atoms with E-state index >= 15 is 0 Å². The van der Waals surface area contributed by atoms with E-state index in [-0.39, 0.29) is 5.75 Å². The molecule has 0 saturated heterocycles. The first kappa shape index (κ1) is 13.6. The van der Waals surface area contributed by atoms with Crippen LogP contribution in [-0.2, 0) is 6.42 Å². The minimum absolute atomic E-state index is 0.231. The van der Waals surface area contributed by atoms with E-state index in [0.29, 0.717) is 30.7 Å². The number of hydrogen-bond acceptors (Lipinski definition) is 3. The van der Waals surface area contributed by atoms with Gasteiger partial charge in [-0.15, -0.1) is 13.2 Å². The molecule has 0 bridgehead atoms. The molecule has 0 radical (unpaired) electrons. The summed E-state index contributed by atoms with van der Waals surface area (Å²) in [7, 11) is 1.38. The average molecular weight is 249 g/mol. The van der Waals surface area contributed by atoms with Gasteiger partial charge in [-0.25, -0.2) is 0 Å². The molecule has 17 heavy (non-hydrogen) atoms. The molecule has 0 aliphatic rings. The van der Waals surface area contributed by atoms with Crippen LogP contribution in [0.15, 0.2) is 18.2 Å². The van der Waals surface area contributed by atoms with E-state index in [1.54, 1.807) is 12.1 Å². The van der Waals surface area contributed by atoms with Crippen molar-refractivity contribution in [2.24, 2.45) is 5.73 Å². The average Bonchev–Trinajstić information content (AvgIpc) is 2.25. The molecule has 0 aliphatic heterocycles. The number of alkyl halides is 3. The SMILES string of the molecule is COc1ccc(CCCN)c(OC(F)(F)F)c1. The van der Waals surface area contributed by atoms with E-state index in [1.807, 2.05) is 0 Å². The molecule has 3 nitrogen and oxygen atoms in total. The molecule has 0 unspecified atom stereocenters. The molecule has 0 amide bonds.